The second-order valence-corrected chi connectivity index (χ2v) is 5.38. The first-order chi connectivity index (χ1) is 7.59. The van der Waals surface area contributed by atoms with Crippen molar-refractivity contribution < 1.29 is 4.74 Å². The Morgan fingerprint density at radius 1 is 1.38 bits per heavy atom. The normalized spacial score (nSPS) is 23.2. The van der Waals surface area contributed by atoms with Gasteiger partial charge in [0.25, 0.3) is 0 Å². The molecule has 0 aromatic rings. The van der Waals surface area contributed by atoms with Gasteiger partial charge in [-0.1, -0.05) is 13.8 Å². The van der Waals surface area contributed by atoms with Crippen LogP contribution in [-0.4, -0.2) is 50.3 Å². The summed E-state index contributed by atoms with van der Waals surface area (Å²) in [6.45, 7) is 11.0. The van der Waals surface area contributed by atoms with Crippen LogP contribution in [0, 0.1) is 5.92 Å². The van der Waals surface area contributed by atoms with Gasteiger partial charge < -0.3 is 15.0 Å². The van der Waals surface area contributed by atoms with Gasteiger partial charge in [-0.05, 0) is 32.7 Å². The van der Waals surface area contributed by atoms with E-state index in [1.807, 2.05) is 0 Å². The maximum atomic E-state index is 5.63. The molecule has 16 heavy (non-hydrogen) atoms. The van der Waals surface area contributed by atoms with E-state index in [4.69, 9.17) is 4.74 Å². The van der Waals surface area contributed by atoms with Crippen LogP contribution in [-0.2, 0) is 4.74 Å². The summed E-state index contributed by atoms with van der Waals surface area (Å²) in [6, 6.07) is 0.608. The minimum absolute atomic E-state index is 0.479. The molecule has 0 aromatic heterocycles. The SMILES string of the molecule is CC(C)C(C)NCCN(C)CC1CCCO1. The smallest absolute Gasteiger partial charge is 0.0702 e. The minimum Gasteiger partial charge on any atom is -0.377 e. The molecule has 0 spiro atoms. The lowest BCUT2D eigenvalue weighted by molar-refractivity contribution is 0.0812. The topological polar surface area (TPSA) is 24.5 Å². The lowest BCUT2D eigenvalue weighted by Crippen LogP contribution is -2.39. The molecule has 96 valence electrons. The van der Waals surface area contributed by atoms with E-state index in [0.717, 1.165) is 26.2 Å². The first-order valence-corrected chi connectivity index (χ1v) is 6.63. The van der Waals surface area contributed by atoms with Crippen LogP contribution in [0.4, 0.5) is 0 Å². The van der Waals surface area contributed by atoms with Gasteiger partial charge in [-0.15, -0.1) is 0 Å². The maximum Gasteiger partial charge on any atom is 0.0702 e. The second-order valence-electron chi connectivity index (χ2n) is 5.38. The molecular formula is C13H28N2O. The molecule has 1 aliphatic heterocycles. The molecule has 1 heterocycles. The first kappa shape index (κ1) is 13.9. The third kappa shape index (κ3) is 5.28. The van der Waals surface area contributed by atoms with Crippen molar-refractivity contribution in [2.75, 3.05) is 33.3 Å². The molecule has 1 saturated heterocycles. The molecule has 1 aliphatic rings. The van der Waals surface area contributed by atoms with E-state index in [1.54, 1.807) is 0 Å². The number of likely N-dealkylation sites (N-methyl/N-ethyl adjacent to an activating group) is 1. The van der Waals surface area contributed by atoms with E-state index in [2.05, 4.69) is 38.0 Å². The summed E-state index contributed by atoms with van der Waals surface area (Å²) in [5.74, 6) is 0.712. The highest BCUT2D eigenvalue weighted by Crippen LogP contribution is 2.12. The van der Waals surface area contributed by atoms with Gasteiger partial charge in [-0.25, -0.2) is 0 Å². The van der Waals surface area contributed by atoms with Gasteiger partial charge in [0.15, 0.2) is 0 Å². The number of nitrogens with zero attached hydrogens (tertiary/aromatic N) is 1. The highest BCUT2D eigenvalue weighted by Gasteiger charge is 2.17. The zero-order chi connectivity index (χ0) is 12.0. The number of hydrogen-bond acceptors (Lipinski definition) is 3. The van der Waals surface area contributed by atoms with Crippen molar-refractivity contribution >= 4 is 0 Å². The number of nitrogens with one attached hydrogen (secondary N) is 1. The molecule has 0 amide bonds. The lowest BCUT2D eigenvalue weighted by atomic mass is 10.1. The zero-order valence-electron chi connectivity index (χ0n) is 11.3. The Hall–Kier alpha value is -0.120. The first-order valence-electron chi connectivity index (χ1n) is 6.63. The van der Waals surface area contributed by atoms with E-state index in [1.165, 1.54) is 12.8 Å². The molecule has 1 fully saturated rings. The molecule has 0 saturated carbocycles. The van der Waals surface area contributed by atoms with Crippen molar-refractivity contribution in [3.05, 3.63) is 0 Å². The van der Waals surface area contributed by atoms with Gasteiger partial charge in [-0.3, -0.25) is 0 Å². The van der Waals surface area contributed by atoms with Crippen molar-refractivity contribution in [1.82, 2.24) is 10.2 Å². The Balaban J connectivity index is 2.03. The van der Waals surface area contributed by atoms with Gasteiger partial charge in [0.2, 0.25) is 0 Å². The van der Waals surface area contributed by atoms with Gasteiger partial charge in [0.05, 0.1) is 6.10 Å². The highest BCUT2D eigenvalue weighted by molar-refractivity contribution is 4.70. The predicted molar refractivity (Wildman–Crippen MR) is 68.8 cm³/mol. The van der Waals surface area contributed by atoms with E-state index >= 15 is 0 Å². The average Bonchev–Trinajstić information content (AvgIpc) is 2.70. The fraction of sp³-hybridized carbons (Fsp3) is 1.00. The lowest BCUT2D eigenvalue weighted by Gasteiger charge is -2.23. The fourth-order valence-electron chi connectivity index (χ4n) is 1.95. The van der Waals surface area contributed by atoms with Crippen LogP contribution in [0.2, 0.25) is 0 Å². The Labute approximate surface area is 101 Å². The quantitative estimate of drug-likeness (QED) is 0.718. The number of ether oxygens (including phenoxy) is 1. The summed E-state index contributed by atoms with van der Waals surface area (Å²) in [4.78, 5) is 2.37. The van der Waals surface area contributed by atoms with E-state index < -0.39 is 0 Å². The number of rotatable bonds is 7. The van der Waals surface area contributed by atoms with Crippen LogP contribution in [0.1, 0.15) is 33.6 Å². The third-order valence-corrected chi connectivity index (χ3v) is 3.50. The summed E-state index contributed by atoms with van der Waals surface area (Å²) in [7, 11) is 2.18. The molecule has 0 aromatic carbocycles. The average molecular weight is 228 g/mol. The van der Waals surface area contributed by atoms with Gasteiger partial charge >= 0.3 is 0 Å². The predicted octanol–water partition coefficient (Wildman–Crippen LogP) is 1.73. The Morgan fingerprint density at radius 2 is 2.12 bits per heavy atom. The second kappa shape index (κ2) is 7.25. The van der Waals surface area contributed by atoms with Crippen LogP contribution in [0.3, 0.4) is 0 Å². The third-order valence-electron chi connectivity index (χ3n) is 3.50. The Bertz CT molecular complexity index is 179. The standard InChI is InChI=1S/C13H28N2O/c1-11(2)12(3)14-7-8-15(4)10-13-6-5-9-16-13/h11-14H,5-10H2,1-4H3. The van der Waals surface area contributed by atoms with Crippen LogP contribution >= 0.6 is 0 Å². The van der Waals surface area contributed by atoms with Crippen LogP contribution in [0.25, 0.3) is 0 Å². The summed E-state index contributed by atoms with van der Waals surface area (Å²) in [6.07, 6.45) is 2.95. The van der Waals surface area contributed by atoms with Gasteiger partial charge in [0, 0.05) is 32.3 Å². The Morgan fingerprint density at radius 3 is 2.69 bits per heavy atom. The van der Waals surface area contributed by atoms with E-state index in [9.17, 15) is 0 Å². The number of hydrogen-bond donors (Lipinski definition) is 1. The zero-order valence-corrected chi connectivity index (χ0v) is 11.3. The van der Waals surface area contributed by atoms with Gasteiger partial charge in [-0.2, -0.15) is 0 Å². The van der Waals surface area contributed by atoms with Crippen molar-refractivity contribution in [3.8, 4) is 0 Å². The van der Waals surface area contributed by atoms with Crippen molar-refractivity contribution in [1.29, 1.82) is 0 Å². The maximum absolute atomic E-state index is 5.63. The van der Waals surface area contributed by atoms with Gasteiger partial charge in [0.1, 0.15) is 0 Å². The molecule has 0 aliphatic carbocycles. The molecule has 0 radical (unpaired) electrons. The highest BCUT2D eigenvalue weighted by atomic mass is 16.5. The minimum atomic E-state index is 0.479. The van der Waals surface area contributed by atoms with E-state index in [-0.39, 0.29) is 0 Å². The molecule has 3 heteroatoms. The molecule has 2 atom stereocenters. The van der Waals surface area contributed by atoms with Crippen molar-refractivity contribution in [3.63, 3.8) is 0 Å². The molecule has 3 nitrogen and oxygen atoms in total. The molecule has 0 bridgehead atoms. The van der Waals surface area contributed by atoms with E-state index in [0.29, 0.717) is 18.1 Å². The molecule has 1 rings (SSSR count). The van der Waals surface area contributed by atoms with Crippen molar-refractivity contribution in [2.24, 2.45) is 5.92 Å². The fourth-order valence-corrected chi connectivity index (χ4v) is 1.95. The molecular weight excluding hydrogens is 200 g/mol. The van der Waals surface area contributed by atoms with Crippen LogP contribution in [0.5, 0.6) is 0 Å². The van der Waals surface area contributed by atoms with Crippen LogP contribution < -0.4 is 5.32 Å². The summed E-state index contributed by atoms with van der Waals surface area (Å²) in [5, 5.41) is 3.56. The Kier molecular flexibility index (Phi) is 6.32. The monoisotopic (exact) mass is 228 g/mol. The largest absolute Gasteiger partial charge is 0.377 e. The molecule has 1 N–H and O–H groups in total. The summed E-state index contributed by atoms with van der Waals surface area (Å²) < 4.78 is 5.63. The molecule has 2 unspecified atom stereocenters. The van der Waals surface area contributed by atoms with Crippen LogP contribution in [0.15, 0.2) is 0 Å². The summed E-state index contributed by atoms with van der Waals surface area (Å²) >= 11 is 0. The summed E-state index contributed by atoms with van der Waals surface area (Å²) in [5.41, 5.74) is 0. The van der Waals surface area contributed by atoms with Crippen molar-refractivity contribution in [2.45, 2.75) is 45.8 Å².